The van der Waals surface area contributed by atoms with Crippen LogP contribution >= 0.6 is 0 Å². The first-order valence-corrected chi connectivity index (χ1v) is 32.5. The standard InChI is InChI=1S/C55H86O42S/c1-14-2-4-15(5-3-14)98(79,80)81-13-23-47-31(70)39(78)55(89-23)96-46-22(12-62)87-53(37(76)29(46)68)94-44-20(10-60)85-51(35(74)27(44)66)92-42-18(8-58)83-49(33(72)25(42)64)90-40-16(6-56)82-48(32(71)24(40)63)91-41-17(7-57)84-50(34(73)26(41)65)93-43-19(9-59)86-52(36(75)28(43)67)95-45-21(11-61)88-54(97-47)38(77)30(45)69/h2-5,16-78H,6-13H2,1H3/t16-,17-,18-,19-,20-,21-,22?,23?,24+,25-,26-,27-,28-,29-,30-,31-,32-,33-,34-,35-,36-,37-,38-,39-,40-,41-,42-,43-,44-,45-,46-,47-,48-,49-,50-,51-,52-,53-,54-,55-/m1/s1. The molecule has 30 heterocycles. The molecule has 30 fully saturated rings. The first-order chi connectivity index (χ1) is 46.5. The highest BCUT2D eigenvalue weighted by molar-refractivity contribution is 7.86. The molecule has 0 aliphatic carbocycles. The Kier molecular flexibility index (Phi) is 26.3. The second-order valence-electron chi connectivity index (χ2n) is 24.8. The predicted molar refractivity (Wildman–Crippen MR) is 298 cm³/mol. The van der Waals surface area contributed by atoms with Crippen molar-refractivity contribution in [2.75, 3.05) is 52.9 Å². The fourth-order valence-electron chi connectivity index (χ4n) is 12.8. The van der Waals surface area contributed by atoms with Crippen LogP contribution in [0.25, 0.3) is 0 Å². The van der Waals surface area contributed by atoms with Crippen molar-refractivity contribution in [1.82, 2.24) is 0 Å². The number of aliphatic hydroxyl groups excluding tert-OH is 23. The van der Waals surface area contributed by atoms with Gasteiger partial charge in [-0.15, -0.1) is 0 Å². The summed E-state index contributed by atoms with van der Waals surface area (Å²) in [6.07, 6.45) is -84.8. The minimum Gasteiger partial charge on any atom is -0.394 e. The van der Waals surface area contributed by atoms with E-state index in [0.29, 0.717) is 5.56 Å². The van der Waals surface area contributed by atoms with E-state index in [1.54, 1.807) is 6.92 Å². The largest absolute Gasteiger partial charge is 0.394 e. The third-order valence-corrected chi connectivity index (χ3v) is 19.7. The number of ether oxygens (including phenoxy) is 16. The molecule has 0 radical (unpaired) electrons. The minimum absolute atomic E-state index is 0.399. The average molecular weight is 1450 g/mol. The van der Waals surface area contributed by atoms with Gasteiger partial charge in [0.05, 0.1) is 57.8 Å². The molecule has 98 heavy (non-hydrogen) atoms. The van der Waals surface area contributed by atoms with Crippen molar-refractivity contribution < 1.29 is 206 Å². The van der Waals surface area contributed by atoms with Gasteiger partial charge in [-0.25, -0.2) is 0 Å². The number of hydrogen-bond acceptors (Lipinski definition) is 42. The highest BCUT2D eigenvalue weighted by atomic mass is 32.2. The lowest BCUT2D eigenvalue weighted by Gasteiger charge is -2.50. The van der Waals surface area contributed by atoms with Crippen molar-refractivity contribution >= 4 is 10.1 Å². The Morgan fingerprint density at radius 3 is 0.602 bits per heavy atom. The summed E-state index contributed by atoms with van der Waals surface area (Å²) in [5, 5.41) is 258. The molecule has 42 nitrogen and oxygen atoms in total. The molecule has 0 amide bonds. The summed E-state index contributed by atoms with van der Waals surface area (Å²) in [6, 6.07) is 5.20. The van der Waals surface area contributed by atoms with Gasteiger partial charge in [-0.05, 0) is 19.1 Å². The maximum Gasteiger partial charge on any atom is 0.297 e. The Hall–Kier alpha value is -2.43. The zero-order valence-electron chi connectivity index (χ0n) is 51.5. The summed E-state index contributed by atoms with van der Waals surface area (Å²) >= 11 is 0. The Labute approximate surface area is 554 Å². The normalized spacial score (nSPS) is 51.1. The third kappa shape index (κ3) is 15.8. The lowest BCUT2D eigenvalue weighted by molar-refractivity contribution is -0.404. The molecule has 40 atom stereocenters. The van der Waals surface area contributed by atoms with Crippen molar-refractivity contribution in [2.45, 2.75) is 257 Å². The summed E-state index contributed by atoms with van der Waals surface area (Å²) in [7, 11) is -4.76. The molecule has 30 aliphatic rings. The van der Waals surface area contributed by atoms with Crippen LogP contribution in [-0.2, 0) is 90.1 Å². The average Bonchev–Trinajstić information content (AvgIpc) is 0.777. The monoisotopic (exact) mass is 1450 g/mol. The first-order valence-electron chi connectivity index (χ1n) is 31.1. The van der Waals surface area contributed by atoms with Crippen LogP contribution in [0, 0.1) is 6.92 Å². The van der Waals surface area contributed by atoms with Crippen LogP contribution in [0.15, 0.2) is 29.2 Å². The van der Waals surface area contributed by atoms with E-state index in [9.17, 15) is 126 Å². The molecule has 0 spiro atoms. The van der Waals surface area contributed by atoms with Gasteiger partial charge in [0.1, 0.15) is 195 Å². The van der Waals surface area contributed by atoms with Crippen LogP contribution in [0.3, 0.4) is 0 Å². The van der Waals surface area contributed by atoms with Gasteiger partial charge in [-0.2, -0.15) is 8.42 Å². The molecule has 43 heteroatoms. The second-order valence-corrected chi connectivity index (χ2v) is 26.4. The van der Waals surface area contributed by atoms with Crippen molar-refractivity contribution in [3.63, 3.8) is 0 Å². The number of aliphatic hydroxyl groups is 23. The van der Waals surface area contributed by atoms with Crippen LogP contribution in [0.2, 0.25) is 0 Å². The van der Waals surface area contributed by atoms with Crippen molar-refractivity contribution in [3.05, 3.63) is 29.8 Å². The van der Waals surface area contributed by atoms with Crippen LogP contribution in [-0.4, -0.2) is 424 Å². The van der Waals surface area contributed by atoms with Gasteiger partial charge in [-0.1, -0.05) is 17.7 Å². The predicted octanol–water partition coefficient (Wildman–Crippen LogP) is -15.7. The molecule has 1 aromatic carbocycles. The first kappa shape index (κ1) is 78.2. The molecule has 23 N–H and O–H groups in total. The van der Waals surface area contributed by atoms with Gasteiger partial charge in [0.15, 0.2) is 50.3 Å². The van der Waals surface area contributed by atoms with E-state index in [0.717, 1.165) is 0 Å². The summed E-state index contributed by atoms with van der Waals surface area (Å²) in [4.78, 5) is -0.399. The van der Waals surface area contributed by atoms with Gasteiger partial charge in [0, 0.05) is 0 Å². The highest BCUT2D eigenvalue weighted by Crippen LogP contribution is 2.40. The van der Waals surface area contributed by atoms with Gasteiger partial charge in [0.25, 0.3) is 10.1 Å². The molecular formula is C55H86O42S. The lowest BCUT2D eigenvalue weighted by atomic mass is 9.94. The maximum atomic E-state index is 13.6. The Bertz CT molecular complexity index is 2750. The zero-order valence-corrected chi connectivity index (χ0v) is 52.3. The summed E-state index contributed by atoms with van der Waals surface area (Å²) < 4.78 is 125. The fraction of sp³-hybridized carbons (Fsp3) is 0.891. The Morgan fingerprint density at radius 2 is 0.429 bits per heavy atom. The second kappa shape index (κ2) is 32.9. The molecule has 564 valence electrons. The molecule has 16 bridgehead atoms. The molecule has 30 saturated heterocycles. The molecule has 0 saturated carbocycles. The summed E-state index contributed by atoms with van der Waals surface area (Å²) in [5.74, 6) is 0. The maximum absolute atomic E-state index is 13.6. The van der Waals surface area contributed by atoms with Gasteiger partial charge in [-0.3, -0.25) is 4.18 Å². The van der Waals surface area contributed by atoms with Crippen LogP contribution in [0.5, 0.6) is 0 Å². The van der Waals surface area contributed by atoms with Gasteiger partial charge >= 0.3 is 0 Å². The lowest BCUT2D eigenvalue weighted by Crippen LogP contribution is -2.69. The summed E-state index contributed by atoms with van der Waals surface area (Å²) in [6.45, 7) is -7.35. The van der Waals surface area contributed by atoms with E-state index < -0.39 is 314 Å². The van der Waals surface area contributed by atoms with Crippen molar-refractivity contribution in [3.8, 4) is 0 Å². The van der Waals surface area contributed by atoms with E-state index in [1.807, 2.05) is 0 Å². The van der Waals surface area contributed by atoms with Crippen LogP contribution in [0.4, 0.5) is 0 Å². The highest BCUT2D eigenvalue weighted by Gasteiger charge is 2.60. The van der Waals surface area contributed by atoms with E-state index in [4.69, 9.17) is 80.0 Å². The zero-order chi connectivity index (χ0) is 71.3. The van der Waals surface area contributed by atoms with E-state index >= 15 is 0 Å². The van der Waals surface area contributed by atoms with Crippen LogP contribution < -0.4 is 0 Å². The fourth-order valence-corrected chi connectivity index (χ4v) is 13.7. The molecule has 2 unspecified atom stereocenters. The van der Waals surface area contributed by atoms with Crippen molar-refractivity contribution in [2.24, 2.45) is 0 Å². The quantitative estimate of drug-likeness (QED) is 0.0915. The topological polar surface area (TPSA) is 656 Å². The number of aryl methyl sites for hydroxylation is 1. The van der Waals surface area contributed by atoms with E-state index in [2.05, 4.69) is 0 Å². The minimum atomic E-state index is -4.76. The van der Waals surface area contributed by atoms with Gasteiger partial charge < -0.3 is 193 Å². The smallest absolute Gasteiger partial charge is 0.297 e. The molecular weight excluding hydrogens is 1360 g/mol. The SMILES string of the molecule is Cc1ccc(S(=O)(=O)OCC2O[C@@H]3O[C@@H]4C(CO)O[C@H](O[C@H]5[C@H](O)[C@@H](O)[C@@H](O[C@H]6[C@H](O)[C@@H](O)[C@@H](O[C@H]7[C@@H](O)[C@@H](O)[C@@H](O[C@H]8[C@H](O)[C@@H](O)[C@@H](O[C@H]9[C@H](O)[C@@H](O)[C@@H](O[C@H]%10[C@H](O)[C@@H](O)[C@@H](O[C@H]2[C@H](O)[C@H]3O)O[C@@H]%10CO)O[C@@H]9CO)O[C@@H]8CO)O[C@@H]7CO)O[C@@H]6CO)O[C@@H]5CO)[C@H](O)[C@H]4O)cc1. The van der Waals surface area contributed by atoms with Crippen molar-refractivity contribution in [1.29, 1.82) is 0 Å². The summed E-state index contributed by atoms with van der Waals surface area (Å²) in [5.41, 5.74) is 0.638. The molecule has 31 rings (SSSR count). The van der Waals surface area contributed by atoms with Gasteiger partial charge in [0.2, 0.25) is 0 Å². The number of hydrogen-bond donors (Lipinski definition) is 23. The van der Waals surface area contributed by atoms with E-state index in [-0.39, 0.29) is 0 Å². The van der Waals surface area contributed by atoms with Crippen LogP contribution in [0.1, 0.15) is 5.56 Å². The molecule has 1 aromatic rings. The third-order valence-electron chi connectivity index (χ3n) is 18.4. The van der Waals surface area contributed by atoms with E-state index in [1.165, 1.54) is 24.3 Å². The molecule has 0 aromatic heterocycles. The Balaban J connectivity index is 0.936. The number of benzene rings is 1. The Morgan fingerprint density at radius 1 is 0.265 bits per heavy atom. The molecule has 30 aliphatic heterocycles. The number of rotatable bonds is 11.